The van der Waals surface area contributed by atoms with Crippen LogP contribution in [0.3, 0.4) is 0 Å². The molecule has 0 aliphatic heterocycles. The molecule has 1 atom stereocenters. The van der Waals surface area contributed by atoms with Crippen molar-refractivity contribution in [2.75, 3.05) is 0 Å². The number of fused-ring (bicyclic) bond motifs is 1. The van der Waals surface area contributed by atoms with Crippen molar-refractivity contribution in [3.63, 3.8) is 0 Å². The van der Waals surface area contributed by atoms with E-state index in [1.54, 1.807) is 12.5 Å². The van der Waals surface area contributed by atoms with E-state index in [1.165, 1.54) is 0 Å². The maximum absolute atomic E-state index is 6.29. The Labute approximate surface area is 142 Å². The quantitative estimate of drug-likeness (QED) is 0.775. The van der Waals surface area contributed by atoms with Crippen LogP contribution in [0, 0.1) is 5.92 Å². The Morgan fingerprint density at radius 2 is 1.96 bits per heavy atom. The van der Waals surface area contributed by atoms with Crippen LogP contribution in [0.1, 0.15) is 44.8 Å². The smallest absolute Gasteiger partial charge is 0.145 e. The topological polar surface area (TPSA) is 77.6 Å². The zero-order valence-electron chi connectivity index (χ0n) is 14.4. The number of rotatable bonds is 5. The summed E-state index contributed by atoms with van der Waals surface area (Å²) in [5.74, 6) is 1.26. The van der Waals surface area contributed by atoms with Gasteiger partial charge in [-0.15, -0.1) is 0 Å². The van der Waals surface area contributed by atoms with E-state index >= 15 is 0 Å². The van der Waals surface area contributed by atoms with Crippen LogP contribution in [-0.2, 0) is 6.42 Å². The standard InChI is InChI=1S/C19H23N5/c1-4-16-14-10-13(17-7-8-21-11-22-17)5-6-18(14)24-19(23-16)15(20)9-12(2)3/h5-8,10-12,15H,4,9,20H2,1-3H3. The van der Waals surface area contributed by atoms with Crippen molar-refractivity contribution in [1.82, 2.24) is 19.9 Å². The normalized spacial score (nSPS) is 12.7. The molecule has 3 aromatic rings. The monoisotopic (exact) mass is 321 g/mol. The summed E-state index contributed by atoms with van der Waals surface area (Å²) in [4.78, 5) is 17.7. The Bertz CT molecular complexity index is 830. The highest BCUT2D eigenvalue weighted by molar-refractivity contribution is 5.85. The van der Waals surface area contributed by atoms with Gasteiger partial charge in [-0.3, -0.25) is 0 Å². The molecule has 5 heteroatoms. The molecule has 5 nitrogen and oxygen atoms in total. The number of nitrogens with zero attached hydrogens (tertiary/aromatic N) is 4. The lowest BCUT2D eigenvalue weighted by molar-refractivity contribution is 0.493. The van der Waals surface area contributed by atoms with Crippen molar-refractivity contribution in [2.24, 2.45) is 11.7 Å². The van der Waals surface area contributed by atoms with Crippen molar-refractivity contribution < 1.29 is 0 Å². The molecule has 0 amide bonds. The zero-order chi connectivity index (χ0) is 17.1. The molecular weight excluding hydrogens is 298 g/mol. The lowest BCUT2D eigenvalue weighted by Crippen LogP contribution is -2.17. The third-order valence-corrected chi connectivity index (χ3v) is 4.06. The molecule has 0 fully saturated rings. The average Bonchev–Trinajstić information content (AvgIpc) is 2.60. The van der Waals surface area contributed by atoms with Gasteiger partial charge in [0.05, 0.1) is 22.9 Å². The fraction of sp³-hybridized carbons (Fsp3) is 0.368. The molecule has 0 aliphatic carbocycles. The lowest BCUT2D eigenvalue weighted by atomic mass is 10.0. The summed E-state index contributed by atoms with van der Waals surface area (Å²) < 4.78 is 0. The maximum Gasteiger partial charge on any atom is 0.145 e. The van der Waals surface area contributed by atoms with Crippen molar-refractivity contribution in [1.29, 1.82) is 0 Å². The molecule has 2 heterocycles. The van der Waals surface area contributed by atoms with Gasteiger partial charge in [-0.2, -0.15) is 0 Å². The van der Waals surface area contributed by atoms with E-state index in [1.807, 2.05) is 18.2 Å². The van der Waals surface area contributed by atoms with Crippen molar-refractivity contribution in [3.8, 4) is 11.3 Å². The number of nitrogens with two attached hydrogens (primary N) is 1. The minimum Gasteiger partial charge on any atom is -0.321 e. The molecule has 0 saturated carbocycles. The average molecular weight is 321 g/mol. The van der Waals surface area contributed by atoms with Gasteiger partial charge in [0.25, 0.3) is 0 Å². The Morgan fingerprint density at radius 1 is 1.12 bits per heavy atom. The number of aromatic nitrogens is 4. The van der Waals surface area contributed by atoms with Crippen LogP contribution in [-0.4, -0.2) is 19.9 Å². The number of hydrogen-bond donors (Lipinski definition) is 1. The van der Waals surface area contributed by atoms with Crippen LogP contribution in [0.2, 0.25) is 0 Å². The van der Waals surface area contributed by atoms with Crippen LogP contribution in [0.15, 0.2) is 36.8 Å². The SMILES string of the molecule is CCc1nc(C(N)CC(C)C)nc2ccc(-c3ccncn3)cc12. The fourth-order valence-corrected chi connectivity index (χ4v) is 2.88. The Morgan fingerprint density at radius 3 is 2.62 bits per heavy atom. The van der Waals surface area contributed by atoms with Crippen molar-refractivity contribution >= 4 is 10.9 Å². The predicted octanol–water partition coefficient (Wildman–Crippen LogP) is 3.70. The molecule has 2 aromatic heterocycles. The van der Waals surface area contributed by atoms with E-state index < -0.39 is 0 Å². The molecule has 1 unspecified atom stereocenters. The highest BCUT2D eigenvalue weighted by Crippen LogP contribution is 2.26. The number of aryl methyl sites for hydroxylation is 1. The van der Waals surface area contributed by atoms with E-state index in [2.05, 4.69) is 36.8 Å². The summed E-state index contributed by atoms with van der Waals surface area (Å²) in [5, 5.41) is 1.06. The Hall–Kier alpha value is -2.40. The molecule has 3 rings (SSSR count). The molecule has 0 radical (unpaired) electrons. The third kappa shape index (κ3) is 3.41. The Kier molecular flexibility index (Phi) is 4.81. The molecule has 24 heavy (non-hydrogen) atoms. The molecule has 1 aromatic carbocycles. The first-order valence-corrected chi connectivity index (χ1v) is 8.41. The number of benzene rings is 1. The first-order valence-electron chi connectivity index (χ1n) is 8.41. The summed E-state index contributed by atoms with van der Waals surface area (Å²) in [7, 11) is 0. The van der Waals surface area contributed by atoms with E-state index in [0.29, 0.717) is 5.92 Å². The zero-order valence-corrected chi connectivity index (χ0v) is 14.4. The van der Waals surface area contributed by atoms with Gasteiger partial charge in [0, 0.05) is 17.1 Å². The highest BCUT2D eigenvalue weighted by atomic mass is 14.9. The first-order chi connectivity index (χ1) is 11.6. The summed E-state index contributed by atoms with van der Waals surface area (Å²) in [6, 6.07) is 7.95. The third-order valence-electron chi connectivity index (χ3n) is 4.06. The predicted molar refractivity (Wildman–Crippen MR) is 96.3 cm³/mol. The molecule has 0 bridgehead atoms. The summed E-state index contributed by atoms with van der Waals surface area (Å²) in [6.07, 6.45) is 5.03. The fourth-order valence-electron chi connectivity index (χ4n) is 2.88. The van der Waals surface area contributed by atoms with Gasteiger partial charge in [-0.1, -0.05) is 26.8 Å². The first kappa shape index (κ1) is 16.5. The van der Waals surface area contributed by atoms with Crippen LogP contribution in [0.25, 0.3) is 22.2 Å². The second-order valence-electron chi connectivity index (χ2n) is 6.44. The minimum atomic E-state index is -0.124. The van der Waals surface area contributed by atoms with Crippen LogP contribution < -0.4 is 5.73 Å². The summed E-state index contributed by atoms with van der Waals surface area (Å²) in [5.41, 5.74) is 10.2. The molecule has 0 aliphatic rings. The Balaban J connectivity index is 2.07. The molecule has 0 saturated heterocycles. The van der Waals surface area contributed by atoms with Gasteiger partial charge in [0.2, 0.25) is 0 Å². The molecule has 124 valence electrons. The van der Waals surface area contributed by atoms with Gasteiger partial charge >= 0.3 is 0 Å². The van der Waals surface area contributed by atoms with Gasteiger partial charge in [-0.25, -0.2) is 19.9 Å². The van der Waals surface area contributed by atoms with Crippen LogP contribution in [0.5, 0.6) is 0 Å². The van der Waals surface area contributed by atoms with E-state index in [0.717, 1.165) is 46.5 Å². The van der Waals surface area contributed by atoms with E-state index in [4.69, 9.17) is 15.7 Å². The van der Waals surface area contributed by atoms with E-state index in [-0.39, 0.29) is 6.04 Å². The molecule has 0 spiro atoms. The van der Waals surface area contributed by atoms with Crippen LogP contribution >= 0.6 is 0 Å². The maximum atomic E-state index is 6.29. The summed E-state index contributed by atoms with van der Waals surface area (Å²) >= 11 is 0. The van der Waals surface area contributed by atoms with Crippen LogP contribution in [0.4, 0.5) is 0 Å². The number of hydrogen-bond acceptors (Lipinski definition) is 5. The highest BCUT2D eigenvalue weighted by Gasteiger charge is 2.15. The van der Waals surface area contributed by atoms with Gasteiger partial charge in [-0.05, 0) is 37.0 Å². The van der Waals surface area contributed by atoms with Crippen molar-refractivity contribution in [2.45, 2.75) is 39.7 Å². The minimum absolute atomic E-state index is 0.124. The summed E-state index contributed by atoms with van der Waals surface area (Å²) in [6.45, 7) is 6.43. The van der Waals surface area contributed by atoms with Gasteiger partial charge in [0.1, 0.15) is 12.2 Å². The van der Waals surface area contributed by atoms with E-state index in [9.17, 15) is 0 Å². The lowest BCUT2D eigenvalue weighted by Gasteiger charge is -2.15. The van der Waals surface area contributed by atoms with Gasteiger partial charge in [0.15, 0.2) is 0 Å². The largest absolute Gasteiger partial charge is 0.321 e. The molecular formula is C19H23N5. The second kappa shape index (κ2) is 7.01. The molecule has 2 N–H and O–H groups in total. The van der Waals surface area contributed by atoms with Gasteiger partial charge < -0.3 is 5.73 Å². The second-order valence-corrected chi connectivity index (χ2v) is 6.44. The van der Waals surface area contributed by atoms with Crippen molar-refractivity contribution in [3.05, 3.63) is 48.3 Å².